The fourth-order valence-electron chi connectivity index (χ4n) is 2.09. The molecule has 106 valence electrons. The van der Waals surface area contributed by atoms with Gasteiger partial charge in [-0.25, -0.2) is 0 Å². The van der Waals surface area contributed by atoms with Crippen molar-refractivity contribution in [1.29, 1.82) is 0 Å². The molecule has 0 saturated heterocycles. The van der Waals surface area contributed by atoms with Crippen LogP contribution in [0.25, 0.3) is 0 Å². The predicted octanol–water partition coefficient (Wildman–Crippen LogP) is 3.47. The number of rotatable bonds is 5. The van der Waals surface area contributed by atoms with Crippen molar-refractivity contribution in [3.8, 4) is 11.5 Å². The summed E-state index contributed by atoms with van der Waals surface area (Å²) in [6.45, 7) is 2.57. The van der Waals surface area contributed by atoms with Crippen molar-refractivity contribution < 1.29 is 10.2 Å². The third-order valence-corrected chi connectivity index (χ3v) is 3.41. The molecule has 0 fully saturated rings. The van der Waals surface area contributed by atoms with Gasteiger partial charge in [-0.3, -0.25) is 0 Å². The Balaban J connectivity index is 1.92. The number of hydrogen-bond donors (Lipinski definition) is 3. The zero-order chi connectivity index (χ0) is 14.5. The van der Waals surface area contributed by atoms with Crippen LogP contribution >= 0.6 is 11.6 Å². The van der Waals surface area contributed by atoms with Gasteiger partial charge in [-0.15, -0.1) is 0 Å². The summed E-state index contributed by atoms with van der Waals surface area (Å²) in [4.78, 5) is 0. The summed E-state index contributed by atoms with van der Waals surface area (Å²) in [6.07, 6.45) is 0.847. The van der Waals surface area contributed by atoms with Crippen molar-refractivity contribution in [1.82, 2.24) is 5.32 Å². The first-order chi connectivity index (χ1) is 9.56. The molecule has 2 rings (SSSR count). The van der Waals surface area contributed by atoms with E-state index in [0.29, 0.717) is 12.1 Å². The first-order valence-corrected chi connectivity index (χ1v) is 6.91. The Bertz CT molecular complexity index is 586. The molecule has 0 amide bonds. The minimum absolute atomic E-state index is 0.0602. The minimum atomic E-state index is -0.0909. The highest BCUT2D eigenvalue weighted by Gasteiger charge is 2.08. The summed E-state index contributed by atoms with van der Waals surface area (Å²) >= 11 is 5.96. The van der Waals surface area contributed by atoms with Crippen molar-refractivity contribution >= 4 is 11.6 Å². The summed E-state index contributed by atoms with van der Waals surface area (Å²) in [6, 6.07) is 13.0. The molecule has 0 aliphatic carbocycles. The van der Waals surface area contributed by atoms with Crippen molar-refractivity contribution in [3.05, 3.63) is 58.6 Å². The highest BCUT2D eigenvalue weighted by Crippen LogP contribution is 2.28. The number of hydrogen-bond acceptors (Lipinski definition) is 3. The van der Waals surface area contributed by atoms with Gasteiger partial charge in [0.25, 0.3) is 0 Å². The number of phenolic OH excluding ortho intramolecular Hbond substituents is 2. The lowest BCUT2D eigenvalue weighted by Gasteiger charge is -2.15. The van der Waals surface area contributed by atoms with Gasteiger partial charge in [-0.05, 0) is 37.1 Å². The maximum Gasteiger partial charge on any atom is 0.161 e. The molecule has 0 aliphatic rings. The maximum atomic E-state index is 9.73. The molecule has 2 aromatic carbocycles. The van der Waals surface area contributed by atoms with Crippen LogP contribution in [0.15, 0.2) is 42.5 Å². The average Bonchev–Trinajstić information content (AvgIpc) is 2.40. The molecule has 0 radical (unpaired) electrons. The van der Waals surface area contributed by atoms with Crippen LogP contribution in [0.5, 0.6) is 11.5 Å². The number of phenols is 2. The smallest absolute Gasteiger partial charge is 0.161 e. The van der Waals surface area contributed by atoms with Crippen LogP contribution in [0.4, 0.5) is 0 Å². The van der Waals surface area contributed by atoms with Gasteiger partial charge in [-0.1, -0.05) is 35.9 Å². The topological polar surface area (TPSA) is 52.5 Å². The van der Waals surface area contributed by atoms with E-state index in [2.05, 4.69) is 12.2 Å². The number of para-hydroxylation sites is 1. The van der Waals surface area contributed by atoms with Gasteiger partial charge in [0.05, 0.1) is 0 Å². The van der Waals surface area contributed by atoms with E-state index in [-0.39, 0.29) is 17.5 Å². The first kappa shape index (κ1) is 14.7. The van der Waals surface area contributed by atoms with Crippen molar-refractivity contribution in [2.75, 3.05) is 0 Å². The third-order valence-electron chi connectivity index (χ3n) is 3.17. The van der Waals surface area contributed by atoms with Crippen LogP contribution in [0.2, 0.25) is 5.02 Å². The standard InChI is InChI=1S/C16H18ClNO2/c1-11(8-12-4-2-6-14(17)9-12)18-10-13-5-3-7-15(19)16(13)20/h2-7,9,11,18-20H,8,10H2,1H3. The molecule has 0 bridgehead atoms. The molecular formula is C16H18ClNO2. The fraction of sp³-hybridized carbons (Fsp3) is 0.250. The Morgan fingerprint density at radius 2 is 1.90 bits per heavy atom. The summed E-state index contributed by atoms with van der Waals surface area (Å²) in [7, 11) is 0. The van der Waals surface area contributed by atoms with Crippen LogP contribution in [0, 0.1) is 0 Å². The van der Waals surface area contributed by atoms with Gasteiger partial charge in [0, 0.05) is 23.2 Å². The van der Waals surface area contributed by atoms with Gasteiger partial charge in [0.1, 0.15) is 0 Å². The van der Waals surface area contributed by atoms with Gasteiger partial charge >= 0.3 is 0 Å². The molecule has 0 saturated carbocycles. The van der Waals surface area contributed by atoms with E-state index < -0.39 is 0 Å². The normalized spacial score (nSPS) is 12.3. The maximum absolute atomic E-state index is 9.73. The zero-order valence-electron chi connectivity index (χ0n) is 11.3. The molecule has 0 aliphatic heterocycles. The van der Waals surface area contributed by atoms with E-state index in [0.717, 1.165) is 17.0 Å². The molecule has 0 heterocycles. The van der Waals surface area contributed by atoms with Gasteiger partial charge in [0.2, 0.25) is 0 Å². The summed E-state index contributed by atoms with van der Waals surface area (Å²) in [5, 5.41) is 23.2. The van der Waals surface area contributed by atoms with Gasteiger partial charge in [-0.2, -0.15) is 0 Å². The molecular weight excluding hydrogens is 274 g/mol. The van der Waals surface area contributed by atoms with Gasteiger partial charge in [0.15, 0.2) is 11.5 Å². The Labute approximate surface area is 123 Å². The number of halogens is 1. The van der Waals surface area contributed by atoms with E-state index in [1.807, 2.05) is 24.3 Å². The fourth-order valence-corrected chi connectivity index (χ4v) is 2.31. The Morgan fingerprint density at radius 1 is 1.15 bits per heavy atom. The summed E-state index contributed by atoms with van der Waals surface area (Å²) in [5.41, 5.74) is 1.85. The zero-order valence-corrected chi connectivity index (χ0v) is 12.1. The van der Waals surface area contributed by atoms with Crippen LogP contribution in [0.1, 0.15) is 18.1 Å². The van der Waals surface area contributed by atoms with E-state index in [9.17, 15) is 10.2 Å². The largest absolute Gasteiger partial charge is 0.504 e. The van der Waals surface area contributed by atoms with Crippen LogP contribution in [-0.2, 0) is 13.0 Å². The van der Waals surface area contributed by atoms with Crippen LogP contribution in [0.3, 0.4) is 0 Å². The van der Waals surface area contributed by atoms with E-state index in [1.165, 1.54) is 6.07 Å². The van der Waals surface area contributed by atoms with Crippen molar-refractivity contribution in [2.24, 2.45) is 0 Å². The minimum Gasteiger partial charge on any atom is -0.504 e. The lowest BCUT2D eigenvalue weighted by molar-refractivity contribution is 0.396. The summed E-state index contributed by atoms with van der Waals surface area (Å²) < 4.78 is 0. The monoisotopic (exact) mass is 291 g/mol. The molecule has 1 atom stereocenters. The van der Waals surface area contributed by atoms with Crippen LogP contribution in [-0.4, -0.2) is 16.3 Å². The van der Waals surface area contributed by atoms with E-state index >= 15 is 0 Å². The average molecular weight is 292 g/mol. The molecule has 0 spiro atoms. The Kier molecular flexibility index (Phi) is 4.88. The predicted molar refractivity (Wildman–Crippen MR) is 81.2 cm³/mol. The van der Waals surface area contributed by atoms with Crippen LogP contribution < -0.4 is 5.32 Å². The molecule has 3 nitrogen and oxygen atoms in total. The molecule has 0 aromatic heterocycles. The summed E-state index contributed by atoms with van der Waals surface area (Å²) in [5.74, 6) is -0.151. The molecule has 2 aromatic rings. The lowest BCUT2D eigenvalue weighted by Crippen LogP contribution is -2.27. The molecule has 1 unspecified atom stereocenters. The molecule has 3 N–H and O–H groups in total. The highest BCUT2D eigenvalue weighted by molar-refractivity contribution is 6.30. The second-order valence-corrected chi connectivity index (χ2v) is 5.34. The lowest BCUT2D eigenvalue weighted by atomic mass is 10.1. The Hall–Kier alpha value is -1.71. The Morgan fingerprint density at radius 3 is 2.65 bits per heavy atom. The van der Waals surface area contributed by atoms with Gasteiger partial charge < -0.3 is 15.5 Å². The quantitative estimate of drug-likeness (QED) is 0.739. The number of nitrogens with one attached hydrogen (secondary N) is 1. The first-order valence-electron chi connectivity index (χ1n) is 6.54. The van der Waals surface area contributed by atoms with E-state index in [1.54, 1.807) is 12.1 Å². The van der Waals surface area contributed by atoms with E-state index in [4.69, 9.17) is 11.6 Å². The van der Waals surface area contributed by atoms with Crippen molar-refractivity contribution in [3.63, 3.8) is 0 Å². The third kappa shape index (κ3) is 3.89. The number of aromatic hydroxyl groups is 2. The molecule has 4 heteroatoms. The van der Waals surface area contributed by atoms with Crippen molar-refractivity contribution in [2.45, 2.75) is 25.9 Å². The molecule has 20 heavy (non-hydrogen) atoms. The second kappa shape index (κ2) is 6.64. The SMILES string of the molecule is CC(Cc1cccc(Cl)c1)NCc1cccc(O)c1O. The highest BCUT2D eigenvalue weighted by atomic mass is 35.5. The number of benzene rings is 2. The second-order valence-electron chi connectivity index (χ2n) is 4.90.